The lowest BCUT2D eigenvalue weighted by atomic mass is 9.77. The van der Waals surface area contributed by atoms with Crippen molar-refractivity contribution in [2.45, 2.75) is 32.7 Å². The number of ether oxygens (including phenoxy) is 1. The first-order valence-corrected chi connectivity index (χ1v) is 6.45. The summed E-state index contributed by atoms with van der Waals surface area (Å²) in [5.74, 6) is 1.33. The van der Waals surface area contributed by atoms with Crippen molar-refractivity contribution in [3.8, 4) is 5.75 Å². The van der Waals surface area contributed by atoms with Crippen molar-refractivity contribution in [3.63, 3.8) is 0 Å². The minimum atomic E-state index is 0.317. The first-order chi connectivity index (χ1) is 8.62. The van der Waals surface area contributed by atoms with Gasteiger partial charge < -0.3 is 15.4 Å². The third kappa shape index (κ3) is 3.10. The van der Waals surface area contributed by atoms with Crippen molar-refractivity contribution in [1.29, 1.82) is 0 Å². The summed E-state index contributed by atoms with van der Waals surface area (Å²) in [5.41, 5.74) is 0.317. The van der Waals surface area contributed by atoms with Crippen LogP contribution in [0.15, 0.2) is 12.4 Å². The predicted octanol–water partition coefficient (Wildman–Crippen LogP) is 1.68. The van der Waals surface area contributed by atoms with E-state index in [0.29, 0.717) is 23.2 Å². The molecule has 1 atom stereocenters. The van der Waals surface area contributed by atoms with Crippen LogP contribution in [0.2, 0.25) is 0 Å². The summed E-state index contributed by atoms with van der Waals surface area (Å²) in [6.45, 7) is 6.55. The molecule has 1 aromatic rings. The second-order valence-corrected chi connectivity index (χ2v) is 5.43. The molecule has 0 radical (unpaired) electrons. The van der Waals surface area contributed by atoms with E-state index in [2.05, 4.69) is 34.4 Å². The van der Waals surface area contributed by atoms with Gasteiger partial charge in [-0.25, -0.2) is 9.97 Å². The van der Waals surface area contributed by atoms with Crippen LogP contribution in [0.1, 0.15) is 26.7 Å². The van der Waals surface area contributed by atoms with Gasteiger partial charge in [-0.2, -0.15) is 0 Å². The second-order valence-electron chi connectivity index (χ2n) is 5.43. The van der Waals surface area contributed by atoms with Crippen molar-refractivity contribution in [1.82, 2.24) is 15.3 Å². The predicted molar refractivity (Wildman–Crippen MR) is 71.9 cm³/mol. The molecular weight excluding hydrogens is 228 g/mol. The number of hydrogen-bond donors (Lipinski definition) is 2. The molecule has 1 aliphatic rings. The van der Waals surface area contributed by atoms with Gasteiger partial charge in [0.25, 0.3) is 0 Å². The highest BCUT2D eigenvalue weighted by atomic mass is 16.5. The summed E-state index contributed by atoms with van der Waals surface area (Å²) in [7, 11) is 1.61. The molecule has 5 nitrogen and oxygen atoms in total. The third-order valence-corrected chi connectivity index (χ3v) is 3.66. The molecule has 2 rings (SSSR count). The molecule has 0 aromatic carbocycles. The van der Waals surface area contributed by atoms with Gasteiger partial charge in [-0.1, -0.05) is 13.8 Å². The van der Waals surface area contributed by atoms with Crippen LogP contribution in [-0.2, 0) is 0 Å². The molecule has 0 aliphatic carbocycles. The van der Waals surface area contributed by atoms with Crippen LogP contribution < -0.4 is 15.4 Å². The zero-order valence-electron chi connectivity index (χ0n) is 11.4. The van der Waals surface area contributed by atoms with Crippen molar-refractivity contribution in [2.75, 3.05) is 25.5 Å². The van der Waals surface area contributed by atoms with Crippen molar-refractivity contribution in [3.05, 3.63) is 12.4 Å². The Bertz CT molecular complexity index is 377. The molecule has 1 aliphatic heterocycles. The lowest BCUT2D eigenvalue weighted by Crippen LogP contribution is -2.50. The molecule has 0 spiro atoms. The van der Waals surface area contributed by atoms with Crippen LogP contribution >= 0.6 is 0 Å². The standard InChI is InChI=1S/C13H22N4O/c1-13(2)5-4-6-14-11(13)9-17-12-15-7-10(18-3)8-16-12/h7-8,11,14H,4-6,9H2,1-3H3,(H,15,16,17). The molecule has 18 heavy (non-hydrogen) atoms. The third-order valence-electron chi connectivity index (χ3n) is 3.66. The van der Waals surface area contributed by atoms with Gasteiger partial charge in [0.2, 0.25) is 5.95 Å². The summed E-state index contributed by atoms with van der Waals surface area (Å²) >= 11 is 0. The quantitative estimate of drug-likeness (QED) is 0.851. The first kappa shape index (κ1) is 13.1. The summed E-state index contributed by atoms with van der Waals surface area (Å²) in [4.78, 5) is 8.41. The second kappa shape index (κ2) is 5.52. The highest BCUT2D eigenvalue weighted by Gasteiger charge is 2.31. The van der Waals surface area contributed by atoms with Crippen LogP contribution in [0.3, 0.4) is 0 Å². The molecule has 100 valence electrons. The maximum Gasteiger partial charge on any atom is 0.222 e. The van der Waals surface area contributed by atoms with Crippen LogP contribution in [0.4, 0.5) is 5.95 Å². The van der Waals surface area contributed by atoms with Gasteiger partial charge in [-0.05, 0) is 24.8 Å². The lowest BCUT2D eigenvalue weighted by Gasteiger charge is -2.39. The number of hydrogen-bond acceptors (Lipinski definition) is 5. The normalized spacial score (nSPS) is 22.5. The average Bonchev–Trinajstić information content (AvgIpc) is 2.38. The number of nitrogens with one attached hydrogen (secondary N) is 2. The van der Waals surface area contributed by atoms with Gasteiger partial charge in [-0.3, -0.25) is 0 Å². The number of piperidine rings is 1. The van der Waals surface area contributed by atoms with E-state index in [1.165, 1.54) is 12.8 Å². The molecule has 1 fully saturated rings. The zero-order valence-corrected chi connectivity index (χ0v) is 11.4. The molecule has 2 heterocycles. The molecular formula is C13H22N4O. The smallest absolute Gasteiger partial charge is 0.222 e. The van der Waals surface area contributed by atoms with Crippen molar-refractivity contribution in [2.24, 2.45) is 5.41 Å². The summed E-state index contributed by atoms with van der Waals surface area (Å²) in [6.07, 6.45) is 5.86. The SMILES string of the molecule is COc1cnc(NCC2NCCCC2(C)C)nc1. The summed E-state index contributed by atoms with van der Waals surface area (Å²) in [5, 5.41) is 6.84. The Morgan fingerprint density at radius 1 is 1.44 bits per heavy atom. The molecule has 1 aromatic heterocycles. The Balaban J connectivity index is 1.90. The Hall–Kier alpha value is -1.36. The van der Waals surface area contributed by atoms with Crippen LogP contribution in [0, 0.1) is 5.41 Å². The van der Waals surface area contributed by atoms with Crippen molar-refractivity contribution >= 4 is 5.95 Å². The molecule has 1 unspecified atom stereocenters. The van der Waals surface area contributed by atoms with Crippen molar-refractivity contribution < 1.29 is 4.74 Å². The molecule has 5 heteroatoms. The monoisotopic (exact) mass is 250 g/mol. The van der Waals surface area contributed by atoms with E-state index in [0.717, 1.165) is 13.1 Å². The first-order valence-electron chi connectivity index (χ1n) is 6.45. The summed E-state index contributed by atoms with van der Waals surface area (Å²) in [6, 6.07) is 0.456. The van der Waals surface area contributed by atoms with E-state index in [1.807, 2.05) is 0 Å². The highest BCUT2D eigenvalue weighted by molar-refractivity contribution is 5.27. The number of anilines is 1. The van der Waals surface area contributed by atoms with Crippen LogP contribution in [-0.4, -0.2) is 36.2 Å². The minimum Gasteiger partial charge on any atom is -0.494 e. The lowest BCUT2D eigenvalue weighted by molar-refractivity contribution is 0.188. The number of nitrogens with zero attached hydrogens (tertiary/aromatic N) is 2. The van der Waals surface area contributed by atoms with Gasteiger partial charge in [0, 0.05) is 12.6 Å². The van der Waals surface area contributed by atoms with E-state index >= 15 is 0 Å². The maximum absolute atomic E-state index is 5.03. The maximum atomic E-state index is 5.03. The topological polar surface area (TPSA) is 59.1 Å². The average molecular weight is 250 g/mol. The van der Waals surface area contributed by atoms with E-state index in [-0.39, 0.29) is 0 Å². The number of rotatable bonds is 4. The highest BCUT2D eigenvalue weighted by Crippen LogP contribution is 2.29. The van der Waals surface area contributed by atoms with Gasteiger partial charge in [0.1, 0.15) is 0 Å². The van der Waals surface area contributed by atoms with E-state index in [4.69, 9.17) is 4.74 Å². The van der Waals surface area contributed by atoms with Gasteiger partial charge in [0.15, 0.2) is 5.75 Å². The Labute approximate surface area is 108 Å². The minimum absolute atomic E-state index is 0.317. The van der Waals surface area contributed by atoms with E-state index < -0.39 is 0 Å². The number of aromatic nitrogens is 2. The fraction of sp³-hybridized carbons (Fsp3) is 0.692. The molecule has 0 saturated carbocycles. The molecule has 0 bridgehead atoms. The van der Waals surface area contributed by atoms with Crippen LogP contribution in [0.5, 0.6) is 5.75 Å². The van der Waals surface area contributed by atoms with Gasteiger partial charge >= 0.3 is 0 Å². The van der Waals surface area contributed by atoms with E-state index in [1.54, 1.807) is 19.5 Å². The number of methoxy groups -OCH3 is 1. The fourth-order valence-corrected chi connectivity index (χ4v) is 2.33. The van der Waals surface area contributed by atoms with Crippen LogP contribution in [0.25, 0.3) is 0 Å². The molecule has 0 amide bonds. The Morgan fingerprint density at radius 3 is 2.78 bits per heavy atom. The van der Waals surface area contributed by atoms with Gasteiger partial charge in [-0.15, -0.1) is 0 Å². The Kier molecular flexibility index (Phi) is 4.01. The van der Waals surface area contributed by atoms with E-state index in [9.17, 15) is 0 Å². The Morgan fingerprint density at radius 2 is 2.17 bits per heavy atom. The fourth-order valence-electron chi connectivity index (χ4n) is 2.33. The summed E-state index contributed by atoms with van der Waals surface area (Å²) < 4.78 is 5.03. The largest absolute Gasteiger partial charge is 0.494 e. The van der Waals surface area contributed by atoms with Gasteiger partial charge in [0.05, 0.1) is 19.5 Å². The zero-order chi connectivity index (χ0) is 13.0. The molecule has 2 N–H and O–H groups in total. The molecule has 1 saturated heterocycles.